The minimum Gasteiger partial charge on any atom is -0.371 e. The van der Waals surface area contributed by atoms with Crippen LogP contribution < -0.4 is 4.90 Å². The largest absolute Gasteiger partial charge is 0.371 e. The highest BCUT2D eigenvalue weighted by Gasteiger charge is 2.09. The second kappa shape index (κ2) is 5.54. The number of anilines is 1. The van der Waals surface area contributed by atoms with Crippen LogP contribution in [-0.2, 0) is 0 Å². The van der Waals surface area contributed by atoms with E-state index in [1.807, 2.05) is 24.3 Å². The van der Waals surface area contributed by atoms with Gasteiger partial charge in [0.05, 0.1) is 0 Å². The Morgan fingerprint density at radius 3 is 2.53 bits per heavy atom. The average Bonchev–Trinajstić information content (AvgIpc) is 2.25. The Morgan fingerprint density at radius 1 is 1.33 bits per heavy atom. The Kier molecular flexibility index (Phi) is 4.35. The quantitative estimate of drug-likeness (QED) is 0.689. The number of aldehydes is 1. The van der Waals surface area contributed by atoms with Crippen LogP contribution in [0.1, 0.15) is 31.1 Å². The van der Waals surface area contributed by atoms with Crippen LogP contribution in [0.3, 0.4) is 0 Å². The molecule has 0 fully saturated rings. The molecule has 0 N–H and O–H groups in total. The highest BCUT2D eigenvalue weighted by Crippen LogP contribution is 2.19. The summed E-state index contributed by atoms with van der Waals surface area (Å²) in [5, 5.41) is 0. The molecule has 0 aromatic heterocycles. The lowest BCUT2D eigenvalue weighted by Gasteiger charge is -2.26. The van der Waals surface area contributed by atoms with Crippen molar-refractivity contribution in [2.45, 2.75) is 20.8 Å². The van der Waals surface area contributed by atoms with Crippen LogP contribution in [0.15, 0.2) is 24.3 Å². The predicted octanol–water partition coefficient (Wildman–Crippen LogP) is 2.98. The fourth-order valence-corrected chi connectivity index (χ4v) is 1.71. The lowest BCUT2D eigenvalue weighted by atomic mass is 10.1. The van der Waals surface area contributed by atoms with Crippen LogP contribution in [0, 0.1) is 5.92 Å². The fourth-order valence-electron chi connectivity index (χ4n) is 1.71. The average molecular weight is 205 g/mol. The van der Waals surface area contributed by atoms with E-state index in [0.29, 0.717) is 5.92 Å². The zero-order valence-electron chi connectivity index (χ0n) is 9.73. The van der Waals surface area contributed by atoms with Gasteiger partial charge in [0.2, 0.25) is 0 Å². The first-order valence-corrected chi connectivity index (χ1v) is 5.48. The van der Waals surface area contributed by atoms with Gasteiger partial charge >= 0.3 is 0 Å². The van der Waals surface area contributed by atoms with Gasteiger partial charge in [-0.25, -0.2) is 0 Å². The molecule has 0 heterocycles. The van der Waals surface area contributed by atoms with Crippen molar-refractivity contribution in [2.24, 2.45) is 5.92 Å². The smallest absolute Gasteiger partial charge is 0.152 e. The molecule has 2 nitrogen and oxygen atoms in total. The molecule has 1 aromatic rings. The van der Waals surface area contributed by atoms with E-state index in [4.69, 9.17) is 0 Å². The zero-order chi connectivity index (χ0) is 11.3. The van der Waals surface area contributed by atoms with Crippen LogP contribution in [0.2, 0.25) is 0 Å². The van der Waals surface area contributed by atoms with Crippen LogP contribution in [-0.4, -0.2) is 19.4 Å². The third-order valence-corrected chi connectivity index (χ3v) is 2.37. The van der Waals surface area contributed by atoms with E-state index in [-0.39, 0.29) is 0 Å². The van der Waals surface area contributed by atoms with E-state index in [1.54, 1.807) is 0 Å². The van der Waals surface area contributed by atoms with Crippen molar-refractivity contribution in [3.63, 3.8) is 0 Å². The van der Waals surface area contributed by atoms with Crippen molar-refractivity contribution in [2.75, 3.05) is 18.0 Å². The van der Waals surface area contributed by atoms with Gasteiger partial charge in [-0.3, -0.25) is 4.79 Å². The van der Waals surface area contributed by atoms with Gasteiger partial charge in [-0.15, -0.1) is 0 Å². The summed E-state index contributed by atoms with van der Waals surface area (Å²) in [4.78, 5) is 13.2. The first kappa shape index (κ1) is 11.8. The number of carbonyl (C=O) groups excluding carboxylic acids is 1. The SMILES string of the molecule is CCN(CC(C)C)c1ccccc1C=O. The number of hydrogen-bond acceptors (Lipinski definition) is 2. The summed E-state index contributed by atoms with van der Waals surface area (Å²) in [7, 11) is 0. The molecule has 0 saturated carbocycles. The molecule has 1 aromatic carbocycles. The monoisotopic (exact) mass is 205 g/mol. The minimum absolute atomic E-state index is 0.602. The molecule has 0 spiro atoms. The van der Waals surface area contributed by atoms with Gasteiger partial charge < -0.3 is 4.90 Å². The summed E-state index contributed by atoms with van der Waals surface area (Å²) in [5.41, 5.74) is 1.82. The van der Waals surface area contributed by atoms with Gasteiger partial charge in [-0.1, -0.05) is 26.0 Å². The molecular weight excluding hydrogens is 186 g/mol. The fraction of sp³-hybridized carbons (Fsp3) is 0.462. The summed E-state index contributed by atoms with van der Waals surface area (Å²) in [5.74, 6) is 0.602. The molecule has 0 aliphatic carbocycles. The maximum atomic E-state index is 10.9. The number of rotatable bonds is 5. The summed E-state index contributed by atoms with van der Waals surface area (Å²) in [6.45, 7) is 8.41. The molecule has 15 heavy (non-hydrogen) atoms. The maximum Gasteiger partial charge on any atom is 0.152 e. The van der Waals surface area contributed by atoms with E-state index in [9.17, 15) is 4.79 Å². The maximum absolute atomic E-state index is 10.9. The van der Waals surface area contributed by atoms with Gasteiger partial charge in [-0.2, -0.15) is 0 Å². The molecular formula is C13H19NO. The van der Waals surface area contributed by atoms with Gasteiger partial charge in [0.25, 0.3) is 0 Å². The van der Waals surface area contributed by atoms with Crippen molar-refractivity contribution in [1.82, 2.24) is 0 Å². The first-order valence-electron chi connectivity index (χ1n) is 5.48. The molecule has 0 atom stereocenters. The summed E-state index contributed by atoms with van der Waals surface area (Å²) in [6.07, 6.45) is 0.929. The summed E-state index contributed by atoms with van der Waals surface area (Å²) >= 11 is 0. The second-order valence-corrected chi connectivity index (χ2v) is 4.11. The number of benzene rings is 1. The van der Waals surface area contributed by atoms with Gasteiger partial charge in [0, 0.05) is 24.3 Å². The number of nitrogens with zero attached hydrogens (tertiary/aromatic N) is 1. The number of carbonyl (C=O) groups is 1. The third kappa shape index (κ3) is 3.08. The highest BCUT2D eigenvalue weighted by molar-refractivity contribution is 5.84. The molecule has 1 rings (SSSR count). The number of para-hydroxylation sites is 1. The van der Waals surface area contributed by atoms with Crippen molar-refractivity contribution in [3.8, 4) is 0 Å². The molecule has 0 bridgehead atoms. The molecule has 0 radical (unpaired) electrons. The van der Waals surface area contributed by atoms with E-state index in [1.165, 1.54) is 0 Å². The third-order valence-electron chi connectivity index (χ3n) is 2.37. The molecule has 0 amide bonds. The Morgan fingerprint density at radius 2 is 2.00 bits per heavy atom. The molecule has 0 aliphatic heterocycles. The standard InChI is InChI=1S/C13H19NO/c1-4-14(9-11(2)3)13-8-6-5-7-12(13)10-15/h5-8,10-11H,4,9H2,1-3H3. The van der Waals surface area contributed by atoms with E-state index in [0.717, 1.165) is 30.6 Å². The zero-order valence-corrected chi connectivity index (χ0v) is 9.73. The molecule has 0 saturated heterocycles. The normalized spacial score (nSPS) is 10.4. The van der Waals surface area contributed by atoms with E-state index in [2.05, 4.69) is 25.7 Å². The molecule has 0 aliphatic rings. The van der Waals surface area contributed by atoms with Crippen LogP contribution >= 0.6 is 0 Å². The van der Waals surface area contributed by atoms with Crippen LogP contribution in [0.25, 0.3) is 0 Å². The lowest BCUT2D eigenvalue weighted by molar-refractivity contribution is 0.112. The minimum atomic E-state index is 0.602. The lowest BCUT2D eigenvalue weighted by Crippen LogP contribution is -2.28. The van der Waals surface area contributed by atoms with Gasteiger partial charge in [0.1, 0.15) is 0 Å². The topological polar surface area (TPSA) is 20.3 Å². The van der Waals surface area contributed by atoms with E-state index >= 15 is 0 Å². The van der Waals surface area contributed by atoms with Crippen LogP contribution in [0.4, 0.5) is 5.69 Å². The first-order chi connectivity index (χ1) is 7.19. The van der Waals surface area contributed by atoms with Crippen molar-refractivity contribution in [1.29, 1.82) is 0 Å². The van der Waals surface area contributed by atoms with E-state index < -0.39 is 0 Å². The van der Waals surface area contributed by atoms with Crippen LogP contribution in [0.5, 0.6) is 0 Å². The Balaban J connectivity index is 2.95. The van der Waals surface area contributed by atoms with Crippen molar-refractivity contribution < 1.29 is 4.79 Å². The van der Waals surface area contributed by atoms with Crippen molar-refractivity contribution >= 4 is 12.0 Å². The highest BCUT2D eigenvalue weighted by atomic mass is 16.1. The van der Waals surface area contributed by atoms with Crippen molar-refractivity contribution in [3.05, 3.63) is 29.8 Å². The summed E-state index contributed by atoms with van der Waals surface area (Å²) < 4.78 is 0. The Bertz CT molecular complexity index is 320. The van der Waals surface area contributed by atoms with Gasteiger partial charge in [-0.05, 0) is 25.0 Å². The molecule has 82 valence electrons. The summed E-state index contributed by atoms with van der Waals surface area (Å²) in [6, 6.07) is 7.75. The Hall–Kier alpha value is -1.31. The molecule has 2 heteroatoms. The second-order valence-electron chi connectivity index (χ2n) is 4.11. The van der Waals surface area contributed by atoms with Gasteiger partial charge in [0.15, 0.2) is 6.29 Å². The molecule has 0 unspecified atom stereocenters. The Labute approximate surface area is 91.9 Å². The number of hydrogen-bond donors (Lipinski definition) is 0. The predicted molar refractivity (Wildman–Crippen MR) is 64.6 cm³/mol.